The molecule has 0 saturated carbocycles. The smallest absolute Gasteiger partial charge is 0.306 e. The van der Waals surface area contributed by atoms with Crippen LogP contribution in [0.2, 0.25) is 0 Å². The van der Waals surface area contributed by atoms with Crippen LogP contribution in [0, 0.1) is 17.6 Å². The van der Waals surface area contributed by atoms with Crippen molar-refractivity contribution in [3.63, 3.8) is 0 Å². The molecule has 0 amide bonds. The standard InChI is InChI=1S/C11H12F2O2S/c1-6(11(14)15)3-7-4-8(12)10(16-2)9(13)5-7/h4-6H,3H2,1-2H3,(H,14,15). The van der Waals surface area contributed by atoms with Crippen LogP contribution in [0.5, 0.6) is 0 Å². The van der Waals surface area contributed by atoms with Crippen LogP contribution >= 0.6 is 11.8 Å². The molecule has 0 aliphatic heterocycles. The molecule has 0 bridgehead atoms. The average Bonchev–Trinajstić information content (AvgIpc) is 2.16. The van der Waals surface area contributed by atoms with Crippen LogP contribution in [0.1, 0.15) is 12.5 Å². The number of benzene rings is 1. The molecule has 16 heavy (non-hydrogen) atoms. The van der Waals surface area contributed by atoms with E-state index in [1.54, 1.807) is 6.26 Å². The van der Waals surface area contributed by atoms with Gasteiger partial charge in [-0.3, -0.25) is 4.79 Å². The van der Waals surface area contributed by atoms with Crippen LogP contribution in [-0.2, 0) is 11.2 Å². The van der Waals surface area contributed by atoms with Gasteiger partial charge in [0.2, 0.25) is 0 Å². The lowest BCUT2D eigenvalue weighted by Crippen LogP contribution is -2.12. The molecule has 1 atom stereocenters. The Bertz CT molecular complexity index is 384. The highest BCUT2D eigenvalue weighted by Gasteiger charge is 2.15. The fourth-order valence-electron chi connectivity index (χ4n) is 1.37. The van der Waals surface area contributed by atoms with Crippen molar-refractivity contribution in [2.75, 3.05) is 6.26 Å². The zero-order valence-corrected chi connectivity index (χ0v) is 9.78. The van der Waals surface area contributed by atoms with Gasteiger partial charge < -0.3 is 5.11 Å². The van der Waals surface area contributed by atoms with E-state index in [9.17, 15) is 13.6 Å². The molecular formula is C11H12F2O2S. The summed E-state index contributed by atoms with van der Waals surface area (Å²) in [6.07, 6.45) is 1.71. The van der Waals surface area contributed by atoms with Gasteiger partial charge in [-0.25, -0.2) is 8.78 Å². The van der Waals surface area contributed by atoms with Gasteiger partial charge in [0.25, 0.3) is 0 Å². The van der Waals surface area contributed by atoms with Crippen LogP contribution in [-0.4, -0.2) is 17.3 Å². The number of rotatable bonds is 4. The monoisotopic (exact) mass is 246 g/mol. The molecule has 1 aromatic carbocycles. The highest BCUT2D eigenvalue weighted by Crippen LogP contribution is 2.25. The zero-order valence-electron chi connectivity index (χ0n) is 8.96. The van der Waals surface area contributed by atoms with E-state index in [2.05, 4.69) is 0 Å². The quantitative estimate of drug-likeness (QED) is 0.830. The summed E-state index contributed by atoms with van der Waals surface area (Å²) in [7, 11) is 0. The lowest BCUT2D eigenvalue weighted by atomic mass is 10.0. The second-order valence-electron chi connectivity index (χ2n) is 3.54. The van der Waals surface area contributed by atoms with E-state index in [4.69, 9.17) is 5.11 Å². The predicted octanol–water partition coefficient (Wildman–Crippen LogP) is 2.95. The first kappa shape index (κ1) is 13.0. The molecule has 0 spiro atoms. The predicted molar refractivity (Wildman–Crippen MR) is 58.6 cm³/mol. The largest absolute Gasteiger partial charge is 0.481 e. The maximum Gasteiger partial charge on any atom is 0.306 e. The van der Waals surface area contributed by atoms with Crippen LogP contribution in [0.25, 0.3) is 0 Å². The van der Waals surface area contributed by atoms with Crippen molar-refractivity contribution >= 4 is 17.7 Å². The lowest BCUT2D eigenvalue weighted by Gasteiger charge is -2.08. The van der Waals surface area contributed by atoms with Crippen molar-refractivity contribution in [1.29, 1.82) is 0 Å². The van der Waals surface area contributed by atoms with Gasteiger partial charge in [0.05, 0.1) is 10.8 Å². The molecule has 0 saturated heterocycles. The Morgan fingerprint density at radius 2 is 1.94 bits per heavy atom. The first-order chi connectivity index (χ1) is 7.45. The topological polar surface area (TPSA) is 37.3 Å². The normalized spacial score (nSPS) is 12.5. The molecule has 5 heteroatoms. The van der Waals surface area contributed by atoms with Crippen LogP contribution in [0.4, 0.5) is 8.78 Å². The molecule has 88 valence electrons. The van der Waals surface area contributed by atoms with E-state index in [0.717, 1.165) is 11.8 Å². The van der Waals surface area contributed by atoms with Gasteiger partial charge in [-0.05, 0) is 30.4 Å². The summed E-state index contributed by atoms with van der Waals surface area (Å²) >= 11 is 0.990. The summed E-state index contributed by atoms with van der Waals surface area (Å²) in [6.45, 7) is 1.50. The fourth-order valence-corrected chi connectivity index (χ4v) is 1.87. The molecule has 2 nitrogen and oxygen atoms in total. The Balaban J connectivity index is 2.96. The molecule has 0 heterocycles. The Morgan fingerprint density at radius 3 is 2.31 bits per heavy atom. The molecule has 0 aliphatic carbocycles. The zero-order chi connectivity index (χ0) is 12.3. The summed E-state index contributed by atoms with van der Waals surface area (Å²) in [5, 5.41) is 8.69. The van der Waals surface area contributed by atoms with Gasteiger partial charge in [0.1, 0.15) is 11.6 Å². The summed E-state index contributed by atoms with van der Waals surface area (Å²) < 4.78 is 26.7. The third-order valence-corrected chi connectivity index (χ3v) is 3.02. The Kier molecular flexibility index (Phi) is 4.29. The van der Waals surface area contributed by atoms with Gasteiger partial charge >= 0.3 is 5.97 Å². The van der Waals surface area contributed by atoms with E-state index < -0.39 is 23.5 Å². The average molecular weight is 246 g/mol. The molecule has 1 rings (SSSR count). The highest BCUT2D eigenvalue weighted by molar-refractivity contribution is 7.98. The van der Waals surface area contributed by atoms with Crippen LogP contribution in [0.15, 0.2) is 17.0 Å². The van der Waals surface area contributed by atoms with Gasteiger partial charge in [-0.2, -0.15) is 0 Å². The highest BCUT2D eigenvalue weighted by atomic mass is 32.2. The molecule has 1 aromatic rings. The summed E-state index contributed by atoms with van der Waals surface area (Å²) in [6, 6.07) is 2.38. The minimum Gasteiger partial charge on any atom is -0.481 e. The fraction of sp³-hybridized carbons (Fsp3) is 0.364. The molecule has 1 unspecified atom stereocenters. The van der Waals surface area contributed by atoms with Crippen molar-refractivity contribution in [3.8, 4) is 0 Å². The van der Waals surface area contributed by atoms with Gasteiger partial charge in [-0.1, -0.05) is 6.92 Å². The Hall–Kier alpha value is -1.10. The number of carboxylic acids is 1. The van der Waals surface area contributed by atoms with Crippen LogP contribution < -0.4 is 0 Å². The third kappa shape index (κ3) is 2.95. The first-order valence-electron chi connectivity index (χ1n) is 4.70. The van der Waals surface area contributed by atoms with Gasteiger partial charge in [-0.15, -0.1) is 11.8 Å². The Labute approximate surface area is 96.7 Å². The minimum absolute atomic E-state index is 0.0354. The molecular weight excluding hydrogens is 234 g/mol. The van der Waals surface area contributed by atoms with Crippen LogP contribution in [0.3, 0.4) is 0 Å². The molecule has 0 radical (unpaired) electrons. The van der Waals surface area contributed by atoms with Gasteiger partial charge in [0.15, 0.2) is 0 Å². The van der Waals surface area contributed by atoms with E-state index in [-0.39, 0.29) is 11.3 Å². The summed E-state index contributed by atoms with van der Waals surface area (Å²) in [5.74, 6) is -2.91. The van der Waals surface area contributed by atoms with Gasteiger partial charge in [0, 0.05) is 0 Å². The minimum atomic E-state index is -0.977. The number of carbonyl (C=O) groups is 1. The van der Waals surface area contributed by atoms with Crippen molar-refractivity contribution < 1.29 is 18.7 Å². The summed E-state index contributed by atoms with van der Waals surface area (Å²) in [5.41, 5.74) is 0.364. The van der Waals surface area contributed by atoms with Crippen molar-refractivity contribution in [1.82, 2.24) is 0 Å². The molecule has 0 aromatic heterocycles. The number of hydrogen-bond donors (Lipinski definition) is 1. The van der Waals surface area contributed by atoms with E-state index >= 15 is 0 Å². The maximum atomic E-state index is 13.4. The van der Waals surface area contributed by atoms with Crippen molar-refractivity contribution in [3.05, 3.63) is 29.3 Å². The maximum absolute atomic E-state index is 13.4. The second-order valence-corrected chi connectivity index (χ2v) is 4.35. The molecule has 1 N–H and O–H groups in total. The van der Waals surface area contributed by atoms with Crippen molar-refractivity contribution in [2.45, 2.75) is 18.2 Å². The van der Waals surface area contributed by atoms with Crippen molar-refractivity contribution in [2.24, 2.45) is 5.92 Å². The SMILES string of the molecule is CSc1c(F)cc(CC(C)C(=O)O)cc1F. The van der Waals surface area contributed by atoms with E-state index in [0.29, 0.717) is 5.56 Å². The summed E-state index contributed by atoms with van der Waals surface area (Å²) in [4.78, 5) is 10.6. The molecule has 0 aliphatic rings. The number of thioether (sulfide) groups is 1. The first-order valence-corrected chi connectivity index (χ1v) is 5.93. The van der Waals surface area contributed by atoms with E-state index in [1.165, 1.54) is 19.1 Å². The number of aliphatic carboxylic acids is 1. The third-order valence-electron chi connectivity index (χ3n) is 2.23. The lowest BCUT2D eigenvalue weighted by molar-refractivity contribution is -0.141. The Morgan fingerprint density at radius 1 is 1.44 bits per heavy atom. The van der Waals surface area contributed by atoms with E-state index in [1.807, 2.05) is 0 Å². The number of hydrogen-bond acceptors (Lipinski definition) is 2. The molecule has 0 fully saturated rings. The number of carboxylic acid groups (broad SMARTS) is 1. The number of halogens is 2. The second kappa shape index (κ2) is 5.30.